The number of aromatic nitrogens is 1. The third-order valence-electron chi connectivity index (χ3n) is 7.99. The zero-order valence-corrected chi connectivity index (χ0v) is 22.5. The average molecular weight is 537 g/mol. The molecule has 2 aromatic carbocycles. The summed E-state index contributed by atoms with van der Waals surface area (Å²) in [6.45, 7) is 4.05. The number of rotatable bonds is 10. The van der Waals surface area contributed by atoms with Crippen molar-refractivity contribution in [1.29, 1.82) is 0 Å². The summed E-state index contributed by atoms with van der Waals surface area (Å²) in [6.07, 6.45) is 7.51. The van der Waals surface area contributed by atoms with Crippen molar-refractivity contribution in [3.05, 3.63) is 59.3 Å². The Labute approximate surface area is 224 Å². The number of amides is 1. The minimum Gasteiger partial charge on any atom is -0.369 e. The van der Waals surface area contributed by atoms with Gasteiger partial charge in [0.2, 0.25) is 15.9 Å². The highest BCUT2D eigenvalue weighted by Gasteiger charge is 2.30. The summed E-state index contributed by atoms with van der Waals surface area (Å²) in [7, 11) is -3.26. The first-order chi connectivity index (χ1) is 18.3. The maximum atomic E-state index is 13.0. The van der Waals surface area contributed by atoms with Crippen molar-refractivity contribution < 1.29 is 18.0 Å². The number of aldehydes is 1. The molecule has 202 valence electrons. The lowest BCUT2D eigenvalue weighted by Gasteiger charge is -2.31. The number of fused-ring (bicyclic) bond motifs is 1. The molecule has 1 aromatic heterocycles. The number of nitrogens with zero attached hydrogens (tertiary/aromatic N) is 2. The first-order valence-electron chi connectivity index (χ1n) is 13.5. The van der Waals surface area contributed by atoms with E-state index in [9.17, 15) is 18.0 Å². The molecular weight excluding hydrogens is 500 g/mol. The number of carbonyl (C=O) groups excluding carboxylic acids is 2. The fraction of sp³-hybridized carbons (Fsp3) is 0.448. The average Bonchev–Trinajstić information content (AvgIpc) is 3.59. The highest BCUT2D eigenvalue weighted by Crippen LogP contribution is 2.37. The summed E-state index contributed by atoms with van der Waals surface area (Å²) in [4.78, 5) is 28.9. The molecule has 5 rings (SSSR count). The van der Waals surface area contributed by atoms with Crippen molar-refractivity contribution in [2.75, 3.05) is 38.5 Å². The number of sulfonamides is 1. The van der Waals surface area contributed by atoms with Gasteiger partial charge >= 0.3 is 0 Å². The Balaban J connectivity index is 1.34. The van der Waals surface area contributed by atoms with Gasteiger partial charge in [0.05, 0.1) is 12.2 Å². The maximum Gasteiger partial charge on any atom is 0.221 e. The van der Waals surface area contributed by atoms with E-state index >= 15 is 0 Å². The predicted molar refractivity (Wildman–Crippen MR) is 150 cm³/mol. The van der Waals surface area contributed by atoms with Crippen LogP contribution in [0.4, 0.5) is 0 Å². The van der Waals surface area contributed by atoms with Gasteiger partial charge in [0.25, 0.3) is 0 Å². The Morgan fingerprint density at radius 1 is 1.05 bits per heavy atom. The second kappa shape index (κ2) is 11.4. The van der Waals surface area contributed by atoms with E-state index in [1.165, 1.54) is 12.8 Å². The van der Waals surface area contributed by atoms with Crippen LogP contribution in [-0.2, 0) is 21.2 Å². The van der Waals surface area contributed by atoms with Crippen LogP contribution in [0.1, 0.15) is 59.5 Å². The van der Waals surface area contributed by atoms with E-state index in [-0.39, 0.29) is 18.1 Å². The summed E-state index contributed by atoms with van der Waals surface area (Å²) in [5.74, 6) is 0.00304. The predicted octanol–water partition coefficient (Wildman–Crippen LogP) is 3.67. The van der Waals surface area contributed by atoms with Crippen LogP contribution >= 0.6 is 0 Å². The standard InChI is InChI=1S/C29H36N4O4S/c30-28(35)18-25-16-24(23-6-3-5-21(15-23)20-34)17-26-27(19-31-29(25)26)22-7-12-33(13-8-22)38(36,37)14-4-11-32-9-1-2-10-32/h3,5-6,15-17,19-20,22,31H,1-2,4,7-14,18H2,(H2,30,35). The zero-order chi connectivity index (χ0) is 26.7. The summed E-state index contributed by atoms with van der Waals surface area (Å²) >= 11 is 0. The molecular formula is C29H36N4O4S. The number of piperidine rings is 1. The molecule has 8 nitrogen and oxygen atoms in total. The van der Waals surface area contributed by atoms with Crippen molar-refractivity contribution in [3.8, 4) is 11.1 Å². The zero-order valence-electron chi connectivity index (χ0n) is 21.7. The molecule has 3 heterocycles. The molecule has 0 aliphatic carbocycles. The van der Waals surface area contributed by atoms with E-state index in [0.717, 1.165) is 71.9 Å². The third kappa shape index (κ3) is 5.85. The van der Waals surface area contributed by atoms with Crippen molar-refractivity contribution in [3.63, 3.8) is 0 Å². The maximum absolute atomic E-state index is 13.0. The quantitative estimate of drug-likeness (QED) is 0.384. The van der Waals surface area contributed by atoms with E-state index in [1.807, 2.05) is 30.5 Å². The van der Waals surface area contributed by atoms with Crippen LogP contribution in [0.5, 0.6) is 0 Å². The molecule has 9 heteroatoms. The lowest BCUT2D eigenvalue weighted by atomic mass is 9.88. The molecule has 0 atom stereocenters. The monoisotopic (exact) mass is 536 g/mol. The number of benzene rings is 2. The molecule has 3 aromatic rings. The lowest BCUT2D eigenvalue weighted by Crippen LogP contribution is -2.39. The minimum absolute atomic E-state index is 0.103. The van der Waals surface area contributed by atoms with Crippen molar-refractivity contribution in [2.24, 2.45) is 5.73 Å². The molecule has 2 aliphatic rings. The Bertz CT molecular complexity index is 1420. The molecule has 2 fully saturated rings. The number of likely N-dealkylation sites (tertiary alicyclic amines) is 1. The van der Waals surface area contributed by atoms with Crippen LogP contribution in [0.3, 0.4) is 0 Å². The van der Waals surface area contributed by atoms with Gasteiger partial charge in [-0.05, 0) is 98.1 Å². The van der Waals surface area contributed by atoms with Gasteiger partial charge in [0, 0.05) is 35.8 Å². The van der Waals surface area contributed by atoms with Gasteiger partial charge in [-0.15, -0.1) is 0 Å². The summed E-state index contributed by atoms with van der Waals surface area (Å²) in [5, 5.41) is 1.02. The second-order valence-corrected chi connectivity index (χ2v) is 12.7. The first kappa shape index (κ1) is 26.6. The molecule has 0 saturated carbocycles. The van der Waals surface area contributed by atoms with Gasteiger partial charge < -0.3 is 15.6 Å². The summed E-state index contributed by atoms with van der Waals surface area (Å²) in [5.41, 5.74) is 10.8. The number of nitrogens with one attached hydrogen (secondary N) is 1. The van der Waals surface area contributed by atoms with Crippen LogP contribution in [0.25, 0.3) is 22.0 Å². The Morgan fingerprint density at radius 2 is 1.82 bits per heavy atom. The summed E-state index contributed by atoms with van der Waals surface area (Å²) in [6, 6.07) is 11.4. The Morgan fingerprint density at radius 3 is 2.53 bits per heavy atom. The van der Waals surface area contributed by atoms with Crippen LogP contribution in [0, 0.1) is 0 Å². The number of carbonyl (C=O) groups is 2. The smallest absolute Gasteiger partial charge is 0.221 e. The van der Waals surface area contributed by atoms with E-state index in [1.54, 1.807) is 10.4 Å². The van der Waals surface area contributed by atoms with Gasteiger partial charge in [-0.3, -0.25) is 9.59 Å². The molecule has 2 aliphatic heterocycles. The largest absolute Gasteiger partial charge is 0.369 e. The highest BCUT2D eigenvalue weighted by molar-refractivity contribution is 7.89. The number of H-pyrrole nitrogens is 1. The molecule has 38 heavy (non-hydrogen) atoms. The highest BCUT2D eigenvalue weighted by atomic mass is 32.2. The molecule has 0 bridgehead atoms. The van der Waals surface area contributed by atoms with Crippen molar-refractivity contribution in [1.82, 2.24) is 14.2 Å². The molecule has 1 amide bonds. The van der Waals surface area contributed by atoms with Crippen molar-refractivity contribution >= 4 is 33.1 Å². The fourth-order valence-corrected chi connectivity index (χ4v) is 7.52. The van der Waals surface area contributed by atoms with E-state index in [2.05, 4.69) is 16.0 Å². The van der Waals surface area contributed by atoms with Gasteiger partial charge in [-0.25, -0.2) is 12.7 Å². The van der Waals surface area contributed by atoms with Crippen LogP contribution in [-0.4, -0.2) is 73.3 Å². The van der Waals surface area contributed by atoms with E-state index in [0.29, 0.717) is 25.1 Å². The number of nitrogens with two attached hydrogens (primary N) is 1. The van der Waals surface area contributed by atoms with Crippen LogP contribution < -0.4 is 5.73 Å². The molecule has 2 saturated heterocycles. The van der Waals surface area contributed by atoms with E-state index < -0.39 is 15.9 Å². The number of primary amides is 1. The Hall–Kier alpha value is -3.01. The lowest BCUT2D eigenvalue weighted by molar-refractivity contribution is -0.117. The second-order valence-electron chi connectivity index (χ2n) is 10.6. The van der Waals surface area contributed by atoms with Gasteiger partial charge in [-0.2, -0.15) is 0 Å². The van der Waals surface area contributed by atoms with Gasteiger partial charge in [0.1, 0.15) is 6.29 Å². The van der Waals surface area contributed by atoms with Crippen LogP contribution in [0.2, 0.25) is 0 Å². The topological polar surface area (TPSA) is 117 Å². The van der Waals surface area contributed by atoms with Crippen LogP contribution in [0.15, 0.2) is 42.6 Å². The first-order valence-corrected chi connectivity index (χ1v) is 15.1. The fourth-order valence-electron chi connectivity index (χ4n) is 6.00. The van der Waals surface area contributed by atoms with Gasteiger partial charge in [0.15, 0.2) is 0 Å². The number of hydrogen-bond acceptors (Lipinski definition) is 5. The number of aromatic amines is 1. The van der Waals surface area contributed by atoms with Gasteiger partial charge in [-0.1, -0.05) is 18.2 Å². The summed E-state index contributed by atoms with van der Waals surface area (Å²) < 4.78 is 27.7. The minimum atomic E-state index is -3.26. The third-order valence-corrected chi connectivity index (χ3v) is 9.94. The normalized spacial score (nSPS) is 17.8. The molecule has 0 unspecified atom stereocenters. The molecule has 3 N–H and O–H groups in total. The molecule has 0 spiro atoms. The molecule has 0 radical (unpaired) electrons. The SMILES string of the molecule is NC(=O)Cc1cc(-c2cccc(C=O)c2)cc2c(C3CCN(S(=O)(=O)CCCN4CCCC4)CC3)c[nH]c12. The van der Waals surface area contributed by atoms with Crippen molar-refractivity contribution in [2.45, 2.75) is 44.4 Å². The van der Waals surface area contributed by atoms with E-state index in [4.69, 9.17) is 5.73 Å². The number of hydrogen-bond donors (Lipinski definition) is 2. The Kier molecular flexibility index (Phi) is 7.97.